The van der Waals surface area contributed by atoms with Gasteiger partial charge in [0, 0.05) is 0 Å². The fourth-order valence-corrected chi connectivity index (χ4v) is 4.30. The van der Waals surface area contributed by atoms with Crippen molar-refractivity contribution in [1.82, 2.24) is 0 Å². The van der Waals surface area contributed by atoms with E-state index in [0.717, 1.165) is 31.3 Å². The van der Waals surface area contributed by atoms with Crippen molar-refractivity contribution in [3.05, 3.63) is 106 Å². The Morgan fingerprint density at radius 2 is 1.75 bits per heavy atom. The summed E-state index contributed by atoms with van der Waals surface area (Å²) < 4.78 is 62.4. The predicted molar refractivity (Wildman–Crippen MR) is 134 cm³/mol. The maximum atomic E-state index is 13.8. The minimum atomic E-state index is -4.80. The second-order valence-corrected chi connectivity index (χ2v) is 8.38. The number of nitrogens with two attached hydrogens (primary N) is 1. The van der Waals surface area contributed by atoms with Crippen LogP contribution in [-0.4, -0.2) is 26.2 Å². The second kappa shape index (κ2) is 11.3. The molecule has 206 valence electrons. The zero-order valence-electron chi connectivity index (χ0n) is 21.2. The molecule has 2 aromatic carbocycles. The molecule has 2 heterocycles. The van der Waals surface area contributed by atoms with E-state index < -0.39 is 41.1 Å². The number of hydrogen-bond acceptors (Lipinski definition) is 9. The van der Waals surface area contributed by atoms with Gasteiger partial charge in [-0.2, -0.15) is 18.4 Å². The van der Waals surface area contributed by atoms with Crippen molar-refractivity contribution in [3.63, 3.8) is 0 Å². The number of carbonyl (C=O) groups excluding carboxylic acids is 2. The van der Waals surface area contributed by atoms with Crippen LogP contribution in [0.15, 0.2) is 94.0 Å². The summed E-state index contributed by atoms with van der Waals surface area (Å²) in [6.45, 7) is -0.193. The number of ether oxygens (including phenoxy) is 3. The molecule has 1 atom stereocenters. The highest BCUT2D eigenvalue weighted by Crippen LogP contribution is 2.46. The Kier molecular flexibility index (Phi) is 7.85. The lowest BCUT2D eigenvalue weighted by Crippen LogP contribution is -2.41. The van der Waals surface area contributed by atoms with Crippen LogP contribution in [0.5, 0.6) is 5.75 Å². The highest BCUT2D eigenvalue weighted by Gasteiger charge is 2.44. The summed E-state index contributed by atoms with van der Waals surface area (Å²) in [5, 5.41) is 10.2. The van der Waals surface area contributed by atoms with Crippen LogP contribution in [0.1, 0.15) is 22.8 Å². The van der Waals surface area contributed by atoms with E-state index in [1.54, 1.807) is 42.5 Å². The standard InChI is InChI=1S/C28H22F3N3O6/c1-37-26(35)23-22(16-7-4-3-5-8-16)19(14-32)25(33)34(24(23)27(36)38-2)20-13-17(28(29,30)31)10-11-21(20)40-15-18-9-6-12-39-18/h3-13,22H,15,33H2,1-2H3. The molecule has 3 aromatic rings. The van der Waals surface area contributed by atoms with Gasteiger partial charge < -0.3 is 24.4 Å². The fraction of sp³-hybridized carbons (Fsp3) is 0.179. The summed E-state index contributed by atoms with van der Waals surface area (Å²) in [7, 11) is 2.09. The molecule has 0 aliphatic carbocycles. The molecule has 1 unspecified atom stereocenters. The Bertz CT molecular complexity index is 1520. The van der Waals surface area contributed by atoms with E-state index in [-0.39, 0.29) is 29.2 Å². The molecule has 1 aromatic heterocycles. The molecule has 40 heavy (non-hydrogen) atoms. The number of alkyl halides is 3. The largest absolute Gasteiger partial charge is 0.483 e. The molecule has 0 fully saturated rings. The first-order chi connectivity index (χ1) is 19.1. The summed E-state index contributed by atoms with van der Waals surface area (Å²) >= 11 is 0. The highest BCUT2D eigenvalue weighted by molar-refractivity contribution is 6.06. The third-order valence-electron chi connectivity index (χ3n) is 6.09. The first-order valence-corrected chi connectivity index (χ1v) is 11.6. The quantitative estimate of drug-likeness (QED) is 0.411. The van der Waals surface area contributed by atoms with Crippen molar-refractivity contribution in [1.29, 1.82) is 5.26 Å². The van der Waals surface area contributed by atoms with Crippen molar-refractivity contribution in [2.75, 3.05) is 19.1 Å². The molecule has 0 saturated carbocycles. The lowest BCUT2D eigenvalue weighted by Gasteiger charge is -2.36. The SMILES string of the molecule is COC(=O)C1=C(C(=O)OC)N(c2cc(C(F)(F)F)ccc2OCc2ccco2)C(N)=C(C#N)C1c1ccccc1. The number of furan rings is 1. The van der Waals surface area contributed by atoms with E-state index in [0.29, 0.717) is 17.4 Å². The first kappa shape index (κ1) is 27.8. The summed E-state index contributed by atoms with van der Waals surface area (Å²) in [5.41, 5.74) is 4.24. The predicted octanol–water partition coefficient (Wildman–Crippen LogP) is 4.78. The molecule has 0 bridgehead atoms. The number of esters is 2. The molecule has 1 aliphatic rings. The zero-order valence-corrected chi connectivity index (χ0v) is 21.2. The monoisotopic (exact) mass is 553 g/mol. The van der Waals surface area contributed by atoms with E-state index in [1.165, 1.54) is 6.26 Å². The Morgan fingerprint density at radius 3 is 2.33 bits per heavy atom. The molecular weight excluding hydrogens is 531 g/mol. The van der Waals surface area contributed by atoms with Crippen molar-refractivity contribution >= 4 is 17.6 Å². The number of methoxy groups -OCH3 is 2. The smallest absolute Gasteiger partial charge is 0.416 e. The summed E-state index contributed by atoms with van der Waals surface area (Å²) in [5.74, 6) is -3.55. The number of allylic oxidation sites excluding steroid dienone is 1. The van der Waals surface area contributed by atoms with Crippen LogP contribution in [0.3, 0.4) is 0 Å². The van der Waals surface area contributed by atoms with Crippen molar-refractivity contribution in [2.45, 2.75) is 18.7 Å². The molecule has 12 heteroatoms. The summed E-state index contributed by atoms with van der Waals surface area (Å²) in [4.78, 5) is 27.3. The Morgan fingerprint density at radius 1 is 1.05 bits per heavy atom. The van der Waals surface area contributed by atoms with E-state index in [1.807, 2.05) is 6.07 Å². The van der Waals surface area contributed by atoms with Gasteiger partial charge in [-0.1, -0.05) is 30.3 Å². The lowest BCUT2D eigenvalue weighted by molar-refractivity contribution is -0.139. The molecule has 0 radical (unpaired) electrons. The molecule has 0 spiro atoms. The van der Waals surface area contributed by atoms with Gasteiger partial charge in [0.1, 0.15) is 29.6 Å². The van der Waals surface area contributed by atoms with Gasteiger partial charge in [-0.3, -0.25) is 4.90 Å². The van der Waals surface area contributed by atoms with Gasteiger partial charge in [-0.05, 0) is 35.9 Å². The summed E-state index contributed by atoms with van der Waals surface area (Å²) in [6, 6.07) is 15.8. The minimum absolute atomic E-state index is 0.159. The van der Waals surface area contributed by atoms with Gasteiger partial charge in [0.25, 0.3) is 0 Å². The Hall–Kier alpha value is -5.18. The zero-order chi connectivity index (χ0) is 29.0. The molecule has 9 nitrogen and oxygen atoms in total. The first-order valence-electron chi connectivity index (χ1n) is 11.6. The van der Waals surface area contributed by atoms with E-state index in [2.05, 4.69) is 0 Å². The fourth-order valence-electron chi connectivity index (χ4n) is 4.30. The van der Waals surface area contributed by atoms with E-state index in [4.69, 9.17) is 24.4 Å². The average Bonchev–Trinajstić information content (AvgIpc) is 3.48. The third-order valence-corrected chi connectivity index (χ3v) is 6.09. The van der Waals surface area contributed by atoms with Crippen LogP contribution < -0.4 is 15.4 Å². The summed E-state index contributed by atoms with van der Waals surface area (Å²) in [6.07, 6.45) is -3.41. The van der Waals surface area contributed by atoms with Gasteiger partial charge in [-0.25, -0.2) is 9.59 Å². The van der Waals surface area contributed by atoms with Gasteiger partial charge in [0.15, 0.2) is 0 Å². The van der Waals surface area contributed by atoms with Crippen LogP contribution in [0, 0.1) is 11.3 Å². The highest BCUT2D eigenvalue weighted by atomic mass is 19.4. The van der Waals surface area contributed by atoms with Crippen LogP contribution in [0.2, 0.25) is 0 Å². The topological polar surface area (TPSA) is 128 Å². The van der Waals surface area contributed by atoms with Crippen LogP contribution in [-0.2, 0) is 31.8 Å². The van der Waals surface area contributed by atoms with Gasteiger partial charge in [-0.15, -0.1) is 0 Å². The van der Waals surface area contributed by atoms with Crippen molar-refractivity contribution in [2.24, 2.45) is 5.73 Å². The number of hydrogen-bond donors (Lipinski definition) is 1. The average molecular weight is 553 g/mol. The number of anilines is 1. The molecule has 0 amide bonds. The van der Waals surface area contributed by atoms with Crippen LogP contribution in [0.4, 0.5) is 18.9 Å². The molecule has 2 N–H and O–H groups in total. The maximum Gasteiger partial charge on any atom is 0.416 e. The Labute approximate surface area is 226 Å². The molecular formula is C28H22F3N3O6. The van der Waals surface area contributed by atoms with Crippen molar-refractivity contribution < 1.29 is 41.4 Å². The van der Waals surface area contributed by atoms with Crippen molar-refractivity contribution in [3.8, 4) is 11.8 Å². The number of nitrogens with zero attached hydrogens (tertiary/aromatic N) is 2. The Balaban J connectivity index is 2.04. The number of nitriles is 1. The lowest BCUT2D eigenvalue weighted by atomic mass is 9.81. The van der Waals surface area contributed by atoms with Gasteiger partial charge in [0.2, 0.25) is 0 Å². The molecule has 4 rings (SSSR count). The maximum absolute atomic E-state index is 13.8. The third kappa shape index (κ3) is 5.22. The number of benzene rings is 2. The van der Waals surface area contributed by atoms with Crippen LogP contribution in [0.25, 0.3) is 0 Å². The minimum Gasteiger partial charge on any atom is -0.483 e. The van der Waals surface area contributed by atoms with E-state index >= 15 is 0 Å². The normalized spacial score (nSPS) is 15.5. The number of carbonyl (C=O) groups is 2. The van der Waals surface area contributed by atoms with Gasteiger partial charge >= 0.3 is 18.1 Å². The number of halogens is 3. The molecule has 1 aliphatic heterocycles. The van der Waals surface area contributed by atoms with E-state index in [9.17, 15) is 28.0 Å². The molecule has 0 saturated heterocycles. The second-order valence-electron chi connectivity index (χ2n) is 8.38. The van der Waals surface area contributed by atoms with Crippen LogP contribution >= 0.6 is 0 Å². The van der Waals surface area contributed by atoms with Gasteiger partial charge in [0.05, 0.1) is 54.9 Å². The number of rotatable bonds is 7.